The molecule has 2 rings (SSSR count). The standard InChI is InChI=1S/C12H21N3S/c1-8-7-16-12(14-8)9(2)15-11-5-3-10(13)4-6-11/h7,9-11,15H,3-6,13H2,1-2H3. The molecular formula is C12H21N3S. The van der Waals surface area contributed by atoms with E-state index < -0.39 is 0 Å². The number of hydrogen-bond donors (Lipinski definition) is 2. The van der Waals surface area contributed by atoms with Crippen LogP contribution in [0.1, 0.15) is 49.4 Å². The molecule has 0 radical (unpaired) electrons. The highest BCUT2D eigenvalue weighted by atomic mass is 32.1. The number of hydrogen-bond acceptors (Lipinski definition) is 4. The summed E-state index contributed by atoms with van der Waals surface area (Å²) >= 11 is 1.75. The van der Waals surface area contributed by atoms with E-state index in [9.17, 15) is 0 Å². The van der Waals surface area contributed by atoms with Gasteiger partial charge in [-0.15, -0.1) is 11.3 Å². The third kappa shape index (κ3) is 3.03. The van der Waals surface area contributed by atoms with Crippen molar-refractivity contribution in [3.05, 3.63) is 16.1 Å². The van der Waals surface area contributed by atoms with Crippen LogP contribution in [-0.2, 0) is 0 Å². The van der Waals surface area contributed by atoms with Crippen LogP contribution in [0.3, 0.4) is 0 Å². The first-order chi connectivity index (χ1) is 7.65. The summed E-state index contributed by atoms with van der Waals surface area (Å²) in [5.41, 5.74) is 7.03. The molecule has 1 aliphatic carbocycles. The van der Waals surface area contributed by atoms with Gasteiger partial charge in [-0.2, -0.15) is 0 Å². The lowest BCUT2D eigenvalue weighted by molar-refractivity contribution is 0.322. The van der Waals surface area contributed by atoms with Crippen LogP contribution in [0, 0.1) is 6.92 Å². The van der Waals surface area contributed by atoms with Crippen LogP contribution in [0.2, 0.25) is 0 Å². The van der Waals surface area contributed by atoms with Crippen LogP contribution >= 0.6 is 11.3 Å². The Hall–Kier alpha value is -0.450. The third-order valence-electron chi connectivity index (χ3n) is 3.26. The minimum absolute atomic E-state index is 0.373. The Kier molecular flexibility index (Phi) is 3.95. The van der Waals surface area contributed by atoms with Crippen molar-refractivity contribution in [1.29, 1.82) is 0 Å². The molecule has 1 saturated carbocycles. The van der Waals surface area contributed by atoms with Gasteiger partial charge in [0.15, 0.2) is 0 Å². The zero-order valence-corrected chi connectivity index (χ0v) is 10.9. The first-order valence-electron chi connectivity index (χ1n) is 6.09. The van der Waals surface area contributed by atoms with Crippen molar-refractivity contribution in [2.75, 3.05) is 0 Å². The average Bonchev–Trinajstić information content (AvgIpc) is 2.68. The number of nitrogens with two attached hydrogens (primary N) is 1. The molecule has 4 heteroatoms. The molecule has 16 heavy (non-hydrogen) atoms. The summed E-state index contributed by atoms with van der Waals surface area (Å²) in [4.78, 5) is 4.52. The molecule has 1 aromatic heterocycles. The molecule has 1 aliphatic rings. The summed E-state index contributed by atoms with van der Waals surface area (Å²) in [6, 6.07) is 1.42. The van der Waals surface area contributed by atoms with Crippen molar-refractivity contribution in [2.45, 2.75) is 57.7 Å². The first kappa shape index (κ1) is 12.0. The van der Waals surface area contributed by atoms with Gasteiger partial charge in [-0.05, 0) is 39.5 Å². The van der Waals surface area contributed by atoms with Crippen molar-refractivity contribution >= 4 is 11.3 Å². The van der Waals surface area contributed by atoms with Crippen molar-refractivity contribution in [3.63, 3.8) is 0 Å². The van der Waals surface area contributed by atoms with E-state index in [-0.39, 0.29) is 0 Å². The molecule has 0 bridgehead atoms. The maximum absolute atomic E-state index is 5.90. The Labute approximate surface area is 101 Å². The van der Waals surface area contributed by atoms with Crippen molar-refractivity contribution in [3.8, 4) is 0 Å². The fourth-order valence-electron chi connectivity index (χ4n) is 2.28. The number of thiazole rings is 1. The monoisotopic (exact) mass is 239 g/mol. The zero-order chi connectivity index (χ0) is 11.5. The second kappa shape index (κ2) is 5.25. The normalized spacial score (nSPS) is 27.9. The van der Waals surface area contributed by atoms with Gasteiger partial charge in [0.1, 0.15) is 5.01 Å². The Morgan fingerprint density at radius 3 is 2.69 bits per heavy atom. The highest BCUT2D eigenvalue weighted by Crippen LogP contribution is 2.22. The molecule has 1 unspecified atom stereocenters. The van der Waals surface area contributed by atoms with Gasteiger partial charge in [-0.25, -0.2) is 4.98 Å². The van der Waals surface area contributed by atoms with E-state index in [1.165, 1.54) is 17.8 Å². The zero-order valence-electron chi connectivity index (χ0n) is 10.1. The molecule has 0 aromatic carbocycles. The number of rotatable bonds is 3. The minimum atomic E-state index is 0.373. The predicted molar refractivity (Wildman–Crippen MR) is 68.6 cm³/mol. The minimum Gasteiger partial charge on any atom is -0.328 e. The third-order valence-corrected chi connectivity index (χ3v) is 4.41. The Morgan fingerprint density at radius 1 is 1.44 bits per heavy atom. The highest BCUT2D eigenvalue weighted by Gasteiger charge is 2.21. The lowest BCUT2D eigenvalue weighted by Gasteiger charge is -2.28. The number of aryl methyl sites for hydroxylation is 1. The summed E-state index contributed by atoms with van der Waals surface area (Å²) in [6.45, 7) is 4.25. The van der Waals surface area contributed by atoms with Crippen LogP contribution in [0.5, 0.6) is 0 Å². The summed E-state index contributed by atoms with van der Waals surface area (Å²) < 4.78 is 0. The van der Waals surface area contributed by atoms with E-state index >= 15 is 0 Å². The number of aromatic nitrogens is 1. The quantitative estimate of drug-likeness (QED) is 0.851. The van der Waals surface area contributed by atoms with Gasteiger partial charge >= 0.3 is 0 Å². The first-order valence-corrected chi connectivity index (χ1v) is 6.97. The molecule has 3 N–H and O–H groups in total. The van der Waals surface area contributed by atoms with Crippen molar-refractivity contribution < 1.29 is 0 Å². The molecule has 90 valence electrons. The Balaban J connectivity index is 1.85. The maximum atomic E-state index is 5.90. The smallest absolute Gasteiger partial charge is 0.110 e. The number of nitrogens with zero attached hydrogens (tertiary/aromatic N) is 1. The SMILES string of the molecule is Cc1csc(C(C)NC2CCC(N)CC2)n1. The average molecular weight is 239 g/mol. The van der Waals surface area contributed by atoms with Gasteiger partial charge in [0, 0.05) is 23.2 Å². The molecule has 0 saturated heterocycles. The van der Waals surface area contributed by atoms with Gasteiger partial charge in [-0.1, -0.05) is 0 Å². The van der Waals surface area contributed by atoms with Crippen molar-refractivity contribution in [2.24, 2.45) is 5.73 Å². The summed E-state index contributed by atoms with van der Waals surface area (Å²) in [7, 11) is 0. The molecular weight excluding hydrogens is 218 g/mol. The molecule has 0 aliphatic heterocycles. The van der Waals surface area contributed by atoms with E-state index in [0.29, 0.717) is 18.1 Å². The second-order valence-corrected chi connectivity index (χ2v) is 5.72. The fourth-order valence-corrected chi connectivity index (χ4v) is 3.09. The van der Waals surface area contributed by atoms with Crippen LogP contribution < -0.4 is 11.1 Å². The fraction of sp³-hybridized carbons (Fsp3) is 0.750. The van der Waals surface area contributed by atoms with Gasteiger partial charge in [0.2, 0.25) is 0 Å². The molecule has 1 atom stereocenters. The van der Waals surface area contributed by atoms with E-state index in [1.807, 2.05) is 6.92 Å². The Morgan fingerprint density at radius 2 is 2.12 bits per heavy atom. The van der Waals surface area contributed by atoms with E-state index in [0.717, 1.165) is 18.5 Å². The molecule has 3 nitrogen and oxygen atoms in total. The van der Waals surface area contributed by atoms with Crippen molar-refractivity contribution in [1.82, 2.24) is 10.3 Å². The van der Waals surface area contributed by atoms with E-state index in [2.05, 4.69) is 22.6 Å². The second-order valence-electron chi connectivity index (χ2n) is 4.83. The van der Waals surface area contributed by atoms with Gasteiger partial charge in [-0.3, -0.25) is 0 Å². The van der Waals surface area contributed by atoms with Crippen LogP contribution in [0.15, 0.2) is 5.38 Å². The predicted octanol–water partition coefficient (Wildman–Crippen LogP) is 2.37. The van der Waals surface area contributed by atoms with E-state index in [4.69, 9.17) is 5.73 Å². The molecule has 0 amide bonds. The molecule has 1 aromatic rings. The summed E-state index contributed by atoms with van der Waals surface area (Å²) in [5, 5.41) is 6.98. The van der Waals surface area contributed by atoms with Gasteiger partial charge in [0.25, 0.3) is 0 Å². The Bertz CT molecular complexity index is 329. The molecule has 1 fully saturated rings. The largest absolute Gasteiger partial charge is 0.328 e. The van der Waals surface area contributed by atoms with E-state index in [1.54, 1.807) is 11.3 Å². The lowest BCUT2D eigenvalue weighted by atomic mass is 9.91. The lowest BCUT2D eigenvalue weighted by Crippen LogP contribution is -2.38. The highest BCUT2D eigenvalue weighted by molar-refractivity contribution is 7.09. The maximum Gasteiger partial charge on any atom is 0.110 e. The van der Waals surface area contributed by atoms with Gasteiger partial charge in [0.05, 0.1) is 6.04 Å². The molecule has 1 heterocycles. The van der Waals surface area contributed by atoms with Gasteiger partial charge < -0.3 is 11.1 Å². The van der Waals surface area contributed by atoms with Crippen LogP contribution in [0.4, 0.5) is 0 Å². The van der Waals surface area contributed by atoms with Crippen LogP contribution in [0.25, 0.3) is 0 Å². The number of nitrogens with one attached hydrogen (secondary N) is 1. The topological polar surface area (TPSA) is 50.9 Å². The molecule has 0 spiro atoms. The summed E-state index contributed by atoms with van der Waals surface area (Å²) in [6.07, 6.45) is 4.72. The van der Waals surface area contributed by atoms with Crippen LogP contribution in [-0.4, -0.2) is 17.1 Å². The summed E-state index contributed by atoms with van der Waals surface area (Å²) in [5.74, 6) is 0.